The highest BCUT2D eigenvalue weighted by molar-refractivity contribution is 6.43. The van der Waals surface area contributed by atoms with Crippen molar-refractivity contribution < 1.29 is 9.90 Å². The van der Waals surface area contributed by atoms with Crippen molar-refractivity contribution in [3.63, 3.8) is 0 Å². The van der Waals surface area contributed by atoms with E-state index in [1.807, 2.05) is 0 Å². The lowest BCUT2D eigenvalue weighted by atomic mass is 9.76. The summed E-state index contributed by atoms with van der Waals surface area (Å²) in [6.07, 6.45) is 3.66. The van der Waals surface area contributed by atoms with Gasteiger partial charge in [-0.2, -0.15) is 0 Å². The predicted molar refractivity (Wildman–Crippen MR) is 85.8 cm³/mol. The third kappa shape index (κ3) is 3.62. The molecule has 21 heavy (non-hydrogen) atoms. The number of carbonyl (C=O) groups excluding carboxylic acids is 1. The van der Waals surface area contributed by atoms with E-state index in [2.05, 4.69) is 12.2 Å². The third-order valence-electron chi connectivity index (χ3n) is 4.09. The van der Waals surface area contributed by atoms with E-state index in [1.165, 1.54) is 12.1 Å². The number of carbonyl (C=O) groups is 1. The lowest BCUT2D eigenvalue weighted by molar-refractivity contribution is 0.0697. The van der Waals surface area contributed by atoms with Gasteiger partial charge in [0, 0.05) is 5.56 Å². The summed E-state index contributed by atoms with van der Waals surface area (Å²) in [4.78, 5) is 12.4. The number of nitrogen functional groups attached to an aromatic ring is 1. The van der Waals surface area contributed by atoms with E-state index in [0.29, 0.717) is 11.5 Å². The molecule has 1 saturated carbocycles. The van der Waals surface area contributed by atoms with E-state index < -0.39 is 5.54 Å². The number of anilines is 1. The van der Waals surface area contributed by atoms with Crippen LogP contribution < -0.4 is 11.1 Å². The molecule has 0 radical (unpaired) electrons. The van der Waals surface area contributed by atoms with Crippen molar-refractivity contribution in [1.82, 2.24) is 5.32 Å². The molecule has 1 fully saturated rings. The summed E-state index contributed by atoms with van der Waals surface area (Å²) >= 11 is 11.8. The maximum absolute atomic E-state index is 12.4. The van der Waals surface area contributed by atoms with Gasteiger partial charge in [-0.3, -0.25) is 4.79 Å². The minimum atomic E-state index is -0.560. The summed E-state index contributed by atoms with van der Waals surface area (Å²) in [6.45, 7) is 2.06. The average molecular weight is 331 g/mol. The van der Waals surface area contributed by atoms with Gasteiger partial charge in [0.15, 0.2) is 0 Å². The number of nitrogens with two attached hydrogens (primary N) is 1. The zero-order valence-corrected chi connectivity index (χ0v) is 13.5. The molecule has 0 bridgehead atoms. The van der Waals surface area contributed by atoms with Crippen LogP contribution in [0.15, 0.2) is 12.1 Å². The number of amides is 1. The molecule has 1 aromatic rings. The third-order valence-corrected chi connectivity index (χ3v) is 4.91. The van der Waals surface area contributed by atoms with Gasteiger partial charge in [0.05, 0.1) is 27.9 Å². The van der Waals surface area contributed by atoms with Crippen molar-refractivity contribution in [3.05, 3.63) is 27.7 Å². The molecule has 0 spiro atoms. The molecule has 0 saturated heterocycles. The number of halogens is 2. The van der Waals surface area contributed by atoms with Crippen molar-refractivity contribution in [2.24, 2.45) is 5.92 Å². The van der Waals surface area contributed by atoms with Crippen molar-refractivity contribution in [2.45, 2.75) is 38.1 Å². The summed E-state index contributed by atoms with van der Waals surface area (Å²) < 4.78 is 0. The molecule has 4 N–H and O–H groups in total. The Morgan fingerprint density at radius 2 is 2.24 bits per heavy atom. The number of nitrogens with one attached hydrogen (secondary N) is 1. The highest BCUT2D eigenvalue weighted by atomic mass is 35.5. The molecule has 0 aliphatic heterocycles. The first kappa shape index (κ1) is 16.4. The predicted octanol–water partition coefficient (Wildman–Crippen LogP) is 3.25. The Balaban J connectivity index is 2.20. The molecule has 1 aliphatic rings. The van der Waals surface area contributed by atoms with Crippen LogP contribution >= 0.6 is 23.2 Å². The van der Waals surface area contributed by atoms with Crippen molar-refractivity contribution in [3.8, 4) is 0 Å². The van der Waals surface area contributed by atoms with Gasteiger partial charge in [0.25, 0.3) is 5.91 Å². The first-order valence-electron chi connectivity index (χ1n) is 7.05. The SMILES string of the molecule is CC1CCCC(CO)(NC(=O)c2cc(N)c(Cl)c(Cl)c2)C1. The lowest BCUT2D eigenvalue weighted by Gasteiger charge is -2.39. The Kier molecular flexibility index (Phi) is 5.02. The van der Waals surface area contributed by atoms with Crippen molar-refractivity contribution in [2.75, 3.05) is 12.3 Å². The quantitative estimate of drug-likeness (QED) is 0.744. The normalized spacial score (nSPS) is 25.6. The monoisotopic (exact) mass is 330 g/mol. The molecule has 1 aromatic carbocycles. The maximum atomic E-state index is 12.4. The molecular formula is C15H20Cl2N2O2. The lowest BCUT2D eigenvalue weighted by Crippen LogP contribution is -2.53. The standard InChI is InChI=1S/C15H20Cl2N2O2/c1-9-3-2-4-15(7-9,8-20)19-14(21)10-5-11(16)13(17)12(18)6-10/h5-6,9,20H,2-4,7-8,18H2,1H3,(H,19,21). The summed E-state index contributed by atoms with van der Waals surface area (Å²) in [5.41, 5.74) is 5.80. The molecule has 4 nitrogen and oxygen atoms in total. The van der Waals surface area contributed by atoms with Crippen molar-refractivity contribution in [1.29, 1.82) is 0 Å². The Bertz CT molecular complexity index is 527. The highest BCUT2D eigenvalue weighted by Gasteiger charge is 2.36. The van der Waals surface area contributed by atoms with Crippen LogP contribution in [0.1, 0.15) is 43.0 Å². The van der Waals surface area contributed by atoms with Gasteiger partial charge in [-0.1, -0.05) is 43.0 Å². The number of benzene rings is 1. The van der Waals surface area contributed by atoms with Crippen LogP contribution in [-0.4, -0.2) is 23.2 Å². The summed E-state index contributed by atoms with van der Waals surface area (Å²) in [5.74, 6) is 0.188. The van der Waals surface area contributed by atoms with E-state index in [9.17, 15) is 9.90 Å². The Hall–Kier alpha value is -0.970. The van der Waals surface area contributed by atoms with E-state index >= 15 is 0 Å². The zero-order chi connectivity index (χ0) is 15.6. The fraction of sp³-hybridized carbons (Fsp3) is 0.533. The smallest absolute Gasteiger partial charge is 0.251 e. The fourth-order valence-corrected chi connectivity index (χ4v) is 3.35. The second kappa shape index (κ2) is 6.42. The molecular weight excluding hydrogens is 311 g/mol. The molecule has 2 unspecified atom stereocenters. The van der Waals surface area contributed by atoms with Crippen LogP contribution in [-0.2, 0) is 0 Å². The topological polar surface area (TPSA) is 75.3 Å². The van der Waals surface area contributed by atoms with Gasteiger partial charge in [-0.15, -0.1) is 0 Å². The van der Waals surface area contributed by atoms with E-state index in [1.54, 1.807) is 0 Å². The van der Waals surface area contributed by atoms with Crippen LogP contribution in [0.25, 0.3) is 0 Å². The van der Waals surface area contributed by atoms with Crippen LogP contribution in [0.4, 0.5) is 5.69 Å². The number of hydrogen-bond donors (Lipinski definition) is 3. The number of aliphatic hydroxyl groups is 1. The largest absolute Gasteiger partial charge is 0.397 e. The molecule has 0 aromatic heterocycles. The van der Waals surface area contributed by atoms with Gasteiger partial charge in [-0.05, 0) is 30.9 Å². The summed E-state index contributed by atoms with van der Waals surface area (Å²) in [7, 11) is 0. The molecule has 1 amide bonds. The summed E-state index contributed by atoms with van der Waals surface area (Å²) in [6, 6.07) is 2.99. The highest BCUT2D eigenvalue weighted by Crippen LogP contribution is 2.33. The number of hydrogen-bond acceptors (Lipinski definition) is 3. The maximum Gasteiger partial charge on any atom is 0.251 e. The van der Waals surface area contributed by atoms with Gasteiger partial charge in [0.1, 0.15) is 0 Å². The minimum absolute atomic E-state index is 0.0696. The Labute approximate surface area is 134 Å². The van der Waals surface area contributed by atoms with Gasteiger partial charge < -0.3 is 16.2 Å². The van der Waals surface area contributed by atoms with Crippen LogP contribution in [0, 0.1) is 5.92 Å². The minimum Gasteiger partial charge on any atom is -0.397 e. The Morgan fingerprint density at radius 1 is 1.52 bits per heavy atom. The van der Waals surface area contributed by atoms with Crippen molar-refractivity contribution >= 4 is 34.8 Å². The second-order valence-electron chi connectivity index (χ2n) is 5.96. The van der Waals surface area contributed by atoms with Crippen LogP contribution in [0.2, 0.25) is 10.0 Å². The average Bonchev–Trinajstić information content (AvgIpc) is 2.44. The fourth-order valence-electron chi connectivity index (χ4n) is 3.01. The van der Waals surface area contributed by atoms with Crippen LogP contribution in [0.3, 0.4) is 0 Å². The van der Waals surface area contributed by atoms with E-state index in [4.69, 9.17) is 28.9 Å². The van der Waals surface area contributed by atoms with Gasteiger partial charge in [0.2, 0.25) is 0 Å². The molecule has 6 heteroatoms. The molecule has 2 rings (SSSR count). The molecule has 2 atom stereocenters. The molecule has 116 valence electrons. The molecule has 1 aliphatic carbocycles. The first-order valence-corrected chi connectivity index (χ1v) is 7.80. The molecule has 0 heterocycles. The number of rotatable bonds is 3. The zero-order valence-electron chi connectivity index (χ0n) is 12.0. The Morgan fingerprint density at radius 3 is 2.81 bits per heavy atom. The van der Waals surface area contributed by atoms with E-state index in [-0.39, 0.29) is 28.2 Å². The van der Waals surface area contributed by atoms with Crippen LogP contribution in [0.5, 0.6) is 0 Å². The van der Waals surface area contributed by atoms with E-state index in [0.717, 1.165) is 25.7 Å². The van der Waals surface area contributed by atoms with Gasteiger partial charge in [-0.25, -0.2) is 0 Å². The van der Waals surface area contributed by atoms with Gasteiger partial charge >= 0.3 is 0 Å². The second-order valence-corrected chi connectivity index (χ2v) is 6.74. The summed E-state index contributed by atoms with van der Waals surface area (Å²) in [5, 5.41) is 13.2. The number of aliphatic hydroxyl groups excluding tert-OH is 1. The first-order chi connectivity index (χ1) is 9.87.